The summed E-state index contributed by atoms with van der Waals surface area (Å²) in [5.74, 6) is 1.02. The summed E-state index contributed by atoms with van der Waals surface area (Å²) in [4.78, 5) is 21.5. The van der Waals surface area contributed by atoms with Gasteiger partial charge in [0, 0.05) is 19.6 Å². The fourth-order valence-electron chi connectivity index (χ4n) is 4.37. The van der Waals surface area contributed by atoms with Crippen molar-refractivity contribution in [1.29, 1.82) is 0 Å². The first-order valence-corrected chi connectivity index (χ1v) is 10.2. The van der Waals surface area contributed by atoms with E-state index in [1.54, 1.807) is 0 Å². The number of nitrogens with zero attached hydrogens (tertiary/aromatic N) is 4. The smallest absolute Gasteiger partial charge is 0.236 e. The molecule has 26 heavy (non-hydrogen) atoms. The van der Waals surface area contributed by atoms with Gasteiger partial charge in [-0.1, -0.05) is 25.0 Å². The zero-order valence-corrected chi connectivity index (χ0v) is 15.6. The van der Waals surface area contributed by atoms with Gasteiger partial charge in [0.05, 0.1) is 23.9 Å². The van der Waals surface area contributed by atoms with Crippen molar-refractivity contribution < 1.29 is 4.79 Å². The van der Waals surface area contributed by atoms with Crippen LogP contribution in [0.3, 0.4) is 0 Å². The highest BCUT2D eigenvalue weighted by Gasteiger charge is 2.24. The van der Waals surface area contributed by atoms with Crippen molar-refractivity contribution in [2.75, 3.05) is 32.7 Å². The van der Waals surface area contributed by atoms with Gasteiger partial charge in [-0.05, 0) is 56.8 Å². The fourth-order valence-corrected chi connectivity index (χ4v) is 4.37. The third-order valence-corrected chi connectivity index (χ3v) is 6.01. The number of imidazole rings is 1. The first-order chi connectivity index (χ1) is 12.8. The summed E-state index contributed by atoms with van der Waals surface area (Å²) in [5.41, 5.74) is 2.30. The van der Waals surface area contributed by atoms with E-state index in [1.165, 1.54) is 44.0 Å². The second-order valence-electron chi connectivity index (χ2n) is 7.90. The maximum Gasteiger partial charge on any atom is 0.236 e. The minimum atomic E-state index is 0.339. The highest BCUT2D eigenvalue weighted by atomic mass is 16.2. The first kappa shape index (κ1) is 17.5. The lowest BCUT2D eigenvalue weighted by Crippen LogP contribution is -2.44. The molecule has 3 heterocycles. The summed E-state index contributed by atoms with van der Waals surface area (Å²) in [6.45, 7) is 5.65. The summed E-state index contributed by atoms with van der Waals surface area (Å²) in [7, 11) is 0. The van der Waals surface area contributed by atoms with Crippen LogP contribution in [0.15, 0.2) is 30.6 Å². The van der Waals surface area contributed by atoms with E-state index >= 15 is 0 Å². The molecule has 5 nitrogen and oxygen atoms in total. The normalized spacial score (nSPS) is 20.4. The summed E-state index contributed by atoms with van der Waals surface area (Å²) in [6, 6.07) is 8.34. The molecule has 5 heteroatoms. The Labute approximate surface area is 156 Å². The number of aromatic nitrogens is 2. The van der Waals surface area contributed by atoms with Crippen LogP contribution >= 0.6 is 0 Å². The van der Waals surface area contributed by atoms with Gasteiger partial charge in [0.25, 0.3) is 0 Å². The number of carbonyl (C=O) groups is 1. The van der Waals surface area contributed by atoms with E-state index < -0.39 is 0 Å². The number of hydrogen-bond donors (Lipinski definition) is 0. The standard InChI is InChI=1S/C21H30N4O/c26-21(24-11-5-1-2-6-12-24)16-23-13-9-18(10-14-23)15-25-17-22-19-7-3-4-8-20(19)25/h3-4,7-8,17-18H,1-2,5-6,9-16H2. The van der Waals surface area contributed by atoms with E-state index in [9.17, 15) is 4.79 Å². The zero-order chi connectivity index (χ0) is 17.8. The quantitative estimate of drug-likeness (QED) is 0.847. The monoisotopic (exact) mass is 354 g/mol. The molecule has 0 bridgehead atoms. The lowest BCUT2D eigenvalue weighted by atomic mass is 9.96. The minimum Gasteiger partial charge on any atom is -0.342 e. The molecule has 140 valence electrons. The first-order valence-electron chi connectivity index (χ1n) is 10.2. The van der Waals surface area contributed by atoms with E-state index in [-0.39, 0.29) is 0 Å². The molecule has 2 saturated heterocycles. The number of amides is 1. The van der Waals surface area contributed by atoms with Crippen molar-refractivity contribution in [3.05, 3.63) is 30.6 Å². The highest BCUT2D eigenvalue weighted by molar-refractivity contribution is 5.78. The Bertz CT molecular complexity index is 724. The molecule has 1 amide bonds. The molecule has 0 spiro atoms. The SMILES string of the molecule is O=C(CN1CCC(Cn2cnc3ccccc32)CC1)N1CCCCCC1. The Balaban J connectivity index is 1.26. The molecule has 0 atom stereocenters. The molecule has 0 aliphatic carbocycles. The van der Waals surface area contributed by atoms with Crippen LogP contribution in [0.4, 0.5) is 0 Å². The molecule has 0 unspecified atom stereocenters. The molecule has 0 radical (unpaired) electrons. The number of hydrogen-bond acceptors (Lipinski definition) is 3. The molecule has 2 aliphatic heterocycles. The second kappa shape index (κ2) is 8.21. The van der Waals surface area contributed by atoms with Crippen molar-refractivity contribution in [2.45, 2.75) is 45.1 Å². The predicted molar refractivity (Wildman–Crippen MR) is 104 cm³/mol. The summed E-state index contributed by atoms with van der Waals surface area (Å²) >= 11 is 0. The van der Waals surface area contributed by atoms with Gasteiger partial charge in [0.2, 0.25) is 5.91 Å². The van der Waals surface area contributed by atoms with E-state index in [2.05, 4.69) is 37.5 Å². The Morgan fingerprint density at radius 2 is 1.73 bits per heavy atom. The highest BCUT2D eigenvalue weighted by Crippen LogP contribution is 2.22. The van der Waals surface area contributed by atoms with Gasteiger partial charge >= 0.3 is 0 Å². The van der Waals surface area contributed by atoms with E-state index in [1.807, 2.05) is 12.4 Å². The van der Waals surface area contributed by atoms with Crippen molar-refractivity contribution >= 4 is 16.9 Å². The molecule has 2 aliphatic rings. The number of likely N-dealkylation sites (tertiary alicyclic amines) is 2. The van der Waals surface area contributed by atoms with Gasteiger partial charge in [-0.2, -0.15) is 0 Å². The Hall–Kier alpha value is -1.88. The number of carbonyl (C=O) groups excluding carboxylic acids is 1. The molecule has 1 aromatic carbocycles. The molecule has 0 saturated carbocycles. The van der Waals surface area contributed by atoms with Crippen LogP contribution in [-0.2, 0) is 11.3 Å². The molecule has 4 rings (SSSR count). The number of para-hydroxylation sites is 2. The minimum absolute atomic E-state index is 0.339. The van der Waals surface area contributed by atoms with Gasteiger partial charge in [-0.15, -0.1) is 0 Å². The van der Waals surface area contributed by atoms with Crippen molar-refractivity contribution in [2.24, 2.45) is 5.92 Å². The van der Waals surface area contributed by atoms with Crippen LogP contribution in [0.5, 0.6) is 0 Å². The largest absolute Gasteiger partial charge is 0.342 e. The summed E-state index contributed by atoms with van der Waals surface area (Å²) < 4.78 is 2.29. The molecular formula is C21H30N4O. The third kappa shape index (κ3) is 4.09. The fraction of sp³-hybridized carbons (Fsp3) is 0.619. The predicted octanol–water partition coefficient (Wildman–Crippen LogP) is 3.15. The molecular weight excluding hydrogens is 324 g/mol. The van der Waals surface area contributed by atoms with Crippen LogP contribution in [0.2, 0.25) is 0 Å². The lowest BCUT2D eigenvalue weighted by Gasteiger charge is -2.33. The van der Waals surface area contributed by atoms with Crippen molar-refractivity contribution in [1.82, 2.24) is 19.4 Å². The zero-order valence-electron chi connectivity index (χ0n) is 15.6. The Kier molecular flexibility index (Phi) is 5.54. The topological polar surface area (TPSA) is 41.4 Å². The van der Waals surface area contributed by atoms with Crippen LogP contribution < -0.4 is 0 Å². The number of fused-ring (bicyclic) bond motifs is 1. The molecule has 0 N–H and O–H groups in total. The van der Waals surface area contributed by atoms with Crippen LogP contribution in [0, 0.1) is 5.92 Å². The average molecular weight is 354 g/mol. The average Bonchev–Trinajstić information content (AvgIpc) is 2.89. The van der Waals surface area contributed by atoms with Crippen molar-refractivity contribution in [3.63, 3.8) is 0 Å². The van der Waals surface area contributed by atoms with Gasteiger partial charge in [-0.25, -0.2) is 4.98 Å². The summed E-state index contributed by atoms with van der Waals surface area (Å²) in [6.07, 6.45) is 9.20. The van der Waals surface area contributed by atoms with Gasteiger partial charge < -0.3 is 9.47 Å². The molecule has 2 aromatic rings. The molecule has 1 aromatic heterocycles. The maximum absolute atomic E-state index is 12.6. The van der Waals surface area contributed by atoms with Gasteiger partial charge in [0.1, 0.15) is 0 Å². The van der Waals surface area contributed by atoms with Crippen molar-refractivity contribution in [3.8, 4) is 0 Å². The second-order valence-corrected chi connectivity index (χ2v) is 7.90. The Morgan fingerprint density at radius 1 is 1.00 bits per heavy atom. The number of piperidine rings is 1. The third-order valence-electron chi connectivity index (χ3n) is 6.01. The van der Waals surface area contributed by atoms with Crippen LogP contribution in [0.1, 0.15) is 38.5 Å². The van der Waals surface area contributed by atoms with Gasteiger partial charge in [-0.3, -0.25) is 9.69 Å². The lowest BCUT2D eigenvalue weighted by molar-refractivity contribution is -0.132. The Morgan fingerprint density at radius 3 is 2.50 bits per heavy atom. The van der Waals surface area contributed by atoms with Crippen LogP contribution in [-0.4, -0.2) is 58.0 Å². The number of benzene rings is 1. The molecule has 2 fully saturated rings. The summed E-state index contributed by atoms with van der Waals surface area (Å²) in [5, 5.41) is 0. The maximum atomic E-state index is 12.6. The van der Waals surface area contributed by atoms with E-state index in [4.69, 9.17) is 0 Å². The van der Waals surface area contributed by atoms with Crippen LogP contribution in [0.25, 0.3) is 11.0 Å². The number of rotatable bonds is 4. The van der Waals surface area contributed by atoms with Gasteiger partial charge in [0.15, 0.2) is 0 Å². The van der Waals surface area contributed by atoms with E-state index in [0.717, 1.165) is 38.2 Å². The van der Waals surface area contributed by atoms with E-state index in [0.29, 0.717) is 18.4 Å².